The average Bonchev–Trinajstić information content (AvgIpc) is 3.03. The summed E-state index contributed by atoms with van der Waals surface area (Å²) >= 11 is 1.57. The molecule has 149 valence electrons. The van der Waals surface area contributed by atoms with Crippen molar-refractivity contribution in [3.05, 3.63) is 53.8 Å². The molecule has 0 bridgehead atoms. The second-order valence-corrected chi connectivity index (χ2v) is 8.27. The molecule has 0 heterocycles. The molecular formula is C23H35O2SY-. The van der Waals surface area contributed by atoms with Gasteiger partial charge in [-0.2, -0.15) is 0 Å². The predicted molar refractivity (Wildman–Crippen MR) is 113 cm³/mol. The Balaban J connectivity index is 0.00000364. The topological polar surface area (TPSA) is 40.5 Å². The third-order valence-electron chi connectivity index (χ3n) is 5.65. The predicted octanol–water partition coefficient (Wildman–Crippen LogP) is 6.01. The fourth-order valence-electron chi connectivity index (χ4n) is 4.07. The maximum absolute atomic E-state index is 10.4. The number of hydrogen-bond donors (Lipinski definition) is 2. The number of unbranched alkanes of at least 4 members (excludes halogenated alkanes) is 3. The van der Waals surface area contributed by atoms with Gasteiger partial charge in [-0.15, -0.1) is 0 Å². The van der Waals surface area contributed by atoms with E-state index in [1.165, 1.54) is 24.8 Å². The summed E-state index contributed by atoms with van der Waals surface area (Å²) < 4.78 is 0. The summed E-state index contributed by atoms with van der Waals surface area (Å²) in [6, 6.07) is 8.49. The number of hydrogen-bond acceptors (Lipinski definition) is 3. The van der Waals surface area contributed by atoms with Gasteiger partial charge in [-0.1, -0.05) is 69.0 Å². The zero-order chi connectivity index (χ0) is 18.8. The molecule has 0 spiro atoms. The zero-order valence-corrected chi connectivity index (χ0v) is 20.4. The second kappa shape index (κ2) is 14.3. The van der Waals surface area contributed by atoms with Crippen LogP contribution >= 0.6 is 11.8 Å². The minimum atomic E-state index is -0.353. The van der Waals surface area contributed by atoms with Crippen LogP contribution in [0.25, 0.3) is 0 Å². The minimum Gasteiger partial charge on any atom is -0.393 e. The molecule has 1 aliphatic carbocycles. The zero-order valence-electron chi connectivity index (χ0n) is 16.7. The van der Waals surface area contributed by atoms with Crippen molar-refractivity contribution in [2.45, 2.75) is 76.4 Å². The van der Waals surface area contributed by atoms with E-state index in [4.69, 9.17) is 0 Å². The number of aliphatic hydroxyl groups excluding tert-OH is 2. The van der Waals surface area contributed by atoms with E-state index in [9.17, 15) is 10.2 Å². The monoisotopic (exact) mass is 464 g/mol. The van der Waals surface area contributed by atoms with Crippen molar-refractivity contribution >= 4 is 11.8 Å². The first-order chi connectivity index (χ1) is 12.7. The molecule has 1 fully saturated rings. The van der Waals surface area contributed by atoms with Gasteiger partial charge in [-0.3, -0.25) is 6.26 Å². The minimum absolute atomic E-state index is 0. The Labute approximate surface area is 195 Å². The molecular weight excluding hydrogens is 429 g/mol. The van der Waals surface area contributed by atoms with Gasteiger partial charge in [0.05, 0.1) is 12.2 Å². The normalized spacial score (nSPS) is 23.5. The molecule has 1 aliphatic rings. The van der Waals surface area contributed by atoms with Crippen molar-refractivity contribution in [2.75, 3.05) is 5.75 Å². The van der Waals surface area contributed by atoms with Crippen LogP contribution in [0.2, 0.25) is 0 Å². The van der Waals surface area contributed by atoms with Crippen molar-refractivity contribution in [3.8, 4) is 0 Å². The molecule has 4 heteroatoms. The van der Waals surface area contributed by atoms with Crippen LogP contribution in [0.15, 0.2) is 36.4 Å². The Hall–Kier alpha value is 0.334. The van der Waals surface area contributed by atoms with E-state index in [1.807, 2.05) is 0 Å². The molecule has 2 N–H and O–H groups in total. The molecule has 27 heavy (non-hydrogen) atoms. The first kappa shape index (κ1) is 25.4. The maximum Gasteiger partial charge on any atom is 0.0790 e. The third kappa shape index (κ3) is 8.30. The van der Waals surface area contributed by atoms with E-state index in [0.29, 0.717) is 11.8 Å². The standard InChI is InChI=1S/C23H35O2S.Y/c1-3-4-5-6-10-22(24)19-13-11-18(12-14-19)20-15-16-23(25)21(20)9-7-8-17-26-2;/h7-8,11-14,20-25H,2-6,9-10,15-17H2,1H3;/q-1;/b8-7-;. The van der Waals surface area contributed by atoms with E-state index in [1.54, 1.807) is 11.8 Å². The number of rotatable bonds is 11. The van der Waals surface area contributed by atoms with E-state index < -0.39 is 0 Å². The summed E-state index contributed by atoms with van der Waals surface area (Å²) in [4.78, 5) is 0. The van der Waals surface area contributed by atoms with Gasteiger partial charge in [-0.25, -0.2) is 0 Å². The summed E-state index contributed by atoms with van der Waals surface area (Å²) in [6.45, 7) is 2.21. The van der Waals surface area contributed by atoms with Crippen LogP contribution in [0.4, 0.5) is 0 Å². The van der Waals surface area contributed by atoms with Gasteiger partial charge in [0.15, 0.2) is 0 Å². The molecule has 1 aromatic rings. The quantitative estimate of drug-likeness (QED) is 0.239. The third-order valence-corrected chi connectivity index (χ3v) is 6.08. The van der Waals surface area contributed by atoms with Gasteiger partial charge < -0.3 is 22.0 Å². The van der Waals surface area contributed by atoms with Crippen LogP contribution in [0.3, 0.4) is 0 Å². The Morgan fingerprint density at radius 3 is 2.56 bits per heavy atom. The fourth-order valence-corrected chi connectivity index (χ4v) is 4.34. The van der Waals surface area contributed by atoms with Gasteiger partial charge in [0.25, 0.3) is 0 Å². The van der Waals surface area contributed by atoms with E-state index in [2.05, 4.69) is 49.6 Å². The maximum atomic E-state index is 10.4. The Morgan fingerprint density at radius 1 is 1.15 bits per heavy atom. The molecule has 0 aromatic heterocycles. The molecule has 0 amide bonds. The molecule has 1 radical (unpaired) electrons. The van der Waals surface area contributed by atoms with E-state index >= 15 is 0 Å². The molecule has 0 saturated heterocycles. The Bertz CT molecular complexity index is 532. The SMILES string of the molecule is [CH2-]SC/C=C\CC1C(O)CCC1c1ccc(C(O)CCCCCC)cc1.[Y]. The summed E-state index contributed by atoms with van der Waals surface area (Å²) in [5.41, 5.74) is 2.32. The van der Waals surface area contributed by atoms with Gasteiger partial charge in [0, 0.05) is 32.7 Å². The van der Waals surface area contributed by atoms with Crippen molar-refractivity contribution < 1.29 is 42.9 Å². The van der Waals surface area contributed by atoms with E-state index in [-0.39, 0.29) is 44.9 Å². The van der Waals surface area contributed by atoms with Crippen LogP contribution in [-0.4, -0.2) is 22.1 Å². The van der Waals surface area contributed by atoms with Crippen molar-refractivity contribution in [1.29, 1.82) is 0 Å². The Kier molecular flexibility index (Phi) is 13.5. The molecule has 4 atom stereocenters. The number of thioether (sulfide) groups is 1. The largest absolute Gasteiger partial charge is 0.393 e. The van der Waals surface area contributed by atoms with Crippen molar-refractivity contribution in [3.63, 3.8) is 0 Å². The van der Waals surface area contributed by atoms with Crippen LogP contribution in [0, 0.1) is 12.2 Å². The summed E-state index contributed by atoms with van der Waals surface area (Å²) in [5, 5.41) is 20.7. The fraction of sp³-hybridized carbons (Fsp3) is 0.609. The molecule has 1 saturated carbocycles. The van der Waals surface area contributed by atoms with Gasteiger partial charge in [-0.05, 0) is 54.4 Å². The molecule has 2 rings (SSSR count). The molecule has 2 nitrogen and oxygen atoms in total. The smallest absolute Gasteiger partial charge is 0.0790 e. The number of aliphatic hydroxyl groups is 2. The van der Waals surface area contributed by atoms with Crippen LogP contribution < -0.4 is 0 Å². The first-order valence-electron chi connectivity index (χ1n) is 10.1. The van der Waals surface area contributed by atoms with Crippen LogP contribution in [0.1, 0.15) is 81.4 Å². The molecule has 4 unspecified atom stereocenters. The first-order valence-corrected chi connectivity index (χ1v) is 11.3. The average molecular weight is 465 g/mol. The van der Waals surface area contributed by atoms with Gasteiger partial charge in [0.2, 0.25) is 0 Å². The number of allylic oxidation sites excluding steroid dienone is 1. The number of benzene rings is 1. The van der Waals surface area contributed by atoms with Crippen molar-refractivity contribution in [1.82, 2.24) is 0 Å². The summed E-state index contributed by atoms with van der Waals surface area (Å²) in [5.74, 6) is 1.64. The summed E-state index contributed by atoms with van der Waals surface area (Å²) in [7, 11) is 0. The van der Waals surface area contributed by atoms with Crippen LogP contribution in [0.5, 0.6) is 0 Å². The summed E-state index contributed by atoms with van der Waals surface area (Å²) in [6.07, 6.45) is 16.0. The molecule has 0 aliphatic heterocycles. The van der Waals surface area contributed by atoms with Crippen molar-refractivity contribution in [2.24, 2.45) is 5.92 Å². The van der Waals surface area contributed by atoms with Gasteiger partial charge >= 0.3 is 0 Å². The molecule has 1 aromatic carbocycles. The van der Waals surface area contributed by atoms with Crippen LogP contribution in [-0.2, 0) is 32.7 Å². The Morgan fingerprint density at radius 2 is 1.89 bits per heavy atom. The van der Waals surface area contributed by atoms with E-state index in [0.717, 1.165) is 43.4 Å². The van der Waals surface area contributed by atoms with Gasteiger partial charge in [0.1, 0.15) is 0 Å². The second-order valence-electron chi connectivity index (χ2n) is 7.52.